The predicted octanol–water partition coefficient (Wildman–Crippen LogP) is 1.43. The first kappa shape index (κ1) is 16.8. The lowest BCUT2D eigenvalue weighted by Crippen LogP contribution is -2.39. The Kier molecular flexibility index (Phi) is 6.90. The van der Waals surface area contributed by atoms with E-state index in [9.17, 15) is 0 Å². The van der Waals surface area contributed by atoms with Gasteiger partial charge in [0, 0.05) is 13.1 Å². The molecule has 0 atom stereocenters. The van der Waals surface area contributed by atoms with Crippen LogP contribution < -0.4 is 15.4 Å². The molecule has 1 heterocycles. The standard InChI is InChI=1S/C16H24N6O/c1-3-17-16(19-12-15-21-20-13-22(15)4-2)18-10-11-23-14-8-6-5-7-9-14/h5-9,13H,3-4,10-12H2,1-2H3,(H2,17,18,19). The van der Waals surface area contributed by atoms with Gasteiger partial charge in [-0.3, -0.25) is 0 Å². The van der Waals surface area contributed by atoms with Crippen molar-refractivity contribution in [3.05, 3.63) is 42.5 Å². The number of benzene rings is 1. The lowest BCUT2D eigenvalue weighted by molar-refractivity contribution is 0.322. The number of hydrogen-bond donors (Lipinski definition) is 2. The fourth-order valence-corrected chi connectivity index (χ4v) is 2.01. The first-order valence-electron chi connectivity index (χ1n) is 7.90. The molecule has 0 radical (unpaired) electrons. The maximum Gasteiger partial charge on any atom is 0.191 e. The highest BCUT2D eigenvalue weighted by molar-refractivity contribution is 5.79. The molecule has 0 unspecified atom stereocenters. The van der Waals surface area contributed by atoms with E-state index in [-0.39, 0.29) is 0 Å². The summed E-state index contributed by atoms with van der Waals surface area (Å²) >= 11 is 0. The maximum absolute atomic E-state index is 5.65. The van der Waals surface area contributed by atoms with E-state index < -0.39 is 0 Å². The molecule has 2 N–H and O–H groups in total. The number of nitrogens with one attached hydrogen (secondary N) is 2. The van der Waals surface area contributed by atoms with Gasteiger partial charge in [0.25, 0.3) is 0 Å². The average molecular weight is 316 g/mol. The minimum atomic E-state index is 0.489. The Bertz CT molecular complexity index is 596. The van der Waals surface area contributed by atoms with Gasteiger partial charge in [-0.15, -0.1) is 10.2 Å². The second kappa shape index (κ2) is 9.45. The van der Waals surface area contributed by atoms with Gasteiger partial charge in [0.05, 0.1) is 6.54 Å². The minimum Gasteiger partial charge on any atom is -0.492 e. The Hall–Kier alpha value is -2.57. The molecule has 0 saturated heterocycles. The fourth-order valence-electron chi connectivity index (χ4n) is 2.01. The Morgan fingerprint density at radius 2 is 2.04 bits per heavy atom. The second-order valence-corrected chi connectivity index (χ2v) is 4.82. The molecule has 23 heavy (non-hydrogen) atoms. The van der Waals surface area contributed by atoms with Crippen LogP contribution in [0, 0.1) is 0 Å². The van der Waals surface area contributed by atoms with E-state index in [1.54, 1.807) is 6.33 Å². The molecule has 2 aromatic rings. The summed E-state index contributed by atoms with van der Waals surface area (Å²) in [4.78, 5) is 4.52. The summed E-state index contributed by atoms with van der Waals surface area (Å²) < 4.78 is 7.63. The number of aliphatic imine (C=N–C) groups is 1. The molecule has 0 amide bonds. The van der Waals surface area contributed by atoms with Crippen molar-refractivity contribution in [2.45, 2.75) is 26.9 Å². The summed E-state index contributed by atoms with van der Waals surface area (Å²) in [5.74, 6) is 2.47. The zero-order valence-corrected chi connectivity index (χ0v) is 13.7. The number of para-hydroxylation sites is 1. The summed E-state index contributed by atoms with van der Waals surface area (Å²) in [6.45, 7) is 7.45. The zero-order valence-electron chi connectivity index (χ0n) is 13.7. The smallest absolute Gasteiger partial charge is 0.191 e. The lowest BCUT2D eigenvalue weighted by Gasteiger charge is -2.12. The molecule has 0 aliphatic rings. The summed E-state index contributed by atoms with van der Waals surface area (Å²) in [6.07, 6.45) is 1.72. The molecular weight excluding hydrogens is 292 g/mol. The maximum atomic E-state index is 5.65. The van der Waals surface area contributed by atoms with Crippen LogP contribution in [-0.2, 0) is 13.1 Å². The fraction of sp³-hybridized carbons (Fsp3) is 0.438. The van der Waals surface area contributed by atoms with Gasteiger partial charge in [-0.25, -0.2) is 4.99 Å². The molecule has 1 aromatic heterocycles. The van der Waals surface area contributed by atoms with Crippen molar-refractivity contribution in [3.8, 4) is 5.75 Å². The van der Waals surface area contributed by atoms with E-state index >= 15 is 0 Å². The molecule has 0 fully saturated rings. The quantitative estimate of drug-likeness (QED) is 0.438. The summed E-state index contributed by atoms with van der Waals surface area (Å²) in [5.41, 5.74) is 0. The molecule has 0 bridgehead atoms. The molecule has 2 rings (SSSR count). The third-order valence-electron chi connectivity index (χ3n) is 3.17. The predicted molar refractivity (Wildman–Crippen MR) is 90.5 cm³/mol. The van der Waals surface area contributed by atoms with Gasteiger partial charge in [0.1, 0.15) is 25.2 Å². The first-order chi connectivity index (χ1) is 11.3. The van der Waals surface area contributed by atoms with Crippen LogP contribution in [0.15, 0.2) is 41.7 Å². The monoisotopic (exact) mass is 316 g/mol. The van der Waals surface area contributed by atoms with Gasteiger partial charge in [-0.1, -0.05) is 18.2 Å². The number of rotatable bonds is 8. The van der Waals surface area contributed by atoms with Crippen molar-refractivity contribution in [3.63, 3.8) is 0 Å². The number of nitrogens with zero attached hydrogens (tertiary/aromatic N) is 4. The Balaban J connectivity index is 1.80. The van der Waals surface area contributed by atoms with Crippen LogP contribution in [0.4, 0.5) is 0 Å². The topological polar surface area (TPSA) is 76.4 Å². The highest BCUT2D eigenvalue weighted by atomic mass is 16.5. The van der Waals surface area contributed by atoms with Crippen molar-refractivity contribution < 1.29 is 4.74 Å². The van der Waals surface area contributed by atoms with Gasteiger partial charge in [-0.05, 0) is 26.0 Å². The third kappa shape index (κ3) is 5.61. The van der Waals surface area contributed by atoms with Crippen molar-refractivity contribution in [1.82, 2.24) is 25.4 Å². The summed E-state index contributed by atoms with van der Waals surface area (Å²) in [6, 6.07) is 9.76. The third-order valence-corrected chi connectivity index (χ3v) is 3.17. The van der Waals surface area contributed by atoms with Crippen LogP contribution in [0.5, 0.6) is 5.75 Å². The molecule has 0 saturated carbocycles. The van der Waals surface area contributed by atoms with E-state index in [1.807, 2.05) is 41.8 Å². The number of aryl methyl sites for hydroxylation is 1. The number of ether oxygens (including phenoxy) is 1. The molecular formula is C16H24N6O. The molecule has 124 valence electrons. The Morgan fingerprint density at radius 1 is 1.22 bits per heavy atom. The van der Waals surface area contributed by atoms with E-state index in [2.05, 4.69) is 32.7 Å². The summed E-state index contributed by atoms with van der Waals surface area (Å²) in [5, 5.41) is 14.4. The lowest BCUT2D eigenvalue weighted by atomic mass is 10.3. The van der Waals surface area contributed by atoms with E-state index in [0.29, 0.717) is 19.7 Å². The largest absolute Gasteiger partial charge is 0.492 e. The van der Waals surface area contributed by atoms with Crippen molar-refractivity contribution >= 4 is 5.96 Å². The average Bonchev–Trinajstić information content (AvgIpc) is 3.05. The van der Waals surface area contributed by atoms with Gasteiger partial charge >= 0.3 is 0 Å². The van der Waals surface area contributed by atoms with E-state index in [0.717, 1.165) is 30.6 Å². The number of hydrogen-bond acceptors (Lipinski definition) is 4. The van der Waals surface area contributed by atoms with Crippen molar-refractivity contribution in [2.75, 3.05) is 19.7 Å². The van der Waals surface area contributed by atoms with E-state index in [1.165, 1.54) is 0 Å². The van der Waals surface area contributed by atoms with Crippen molar-refractivity contribution in [2.24, 2.45) is 4.99 Å². The number of aromatic nitrogens is 3. The first-order valence-corrected chi connectivity index (χ1v) is 7.90. The molecule has 7 nitrogen and oxygen atoms in total. The van der Waals surface area contributed by atoms with Crippen molar-refractivity contribution in [1.29, 1.82) is 0 Å². The highest BCUT2D eigenvalue weighted by Gasteiger charge is 2.03. The van der Waals surface area contributed by atoms with Gasteiger partial charge in [0.2, 0.25) is 0 Å². The minimum absolute atomic E-state index is 0.489. The molecule has 0 aliphatic carbocycles. The molecule has 7 heteroatoms. The van der Waals surface area contributed by atoms with Gasteiger partial charge in [-0.2, -0.15) is 0 Å². The van der Waals surface area contributed by atoms with Gasteiger partial charge < -0.3 is 19.9 Å². The second-order valence-electron chi connectivity index (χ2n) is 4.82. The zero-order chi connectivity index (χ0) is 16.3. The normalized spacial score (nSPS) is 11.3. The van der Waals surface area contributed by atoms with Crippen LogP contribution in [0.1, 0.15) is 19.7 Å². The number of guanidine groups is 1. The van der Waals surface area contributed by atoms with Gasteiger partial charge in [0.15, 0.2) is 11.8 Å². The Labute approximate surface area is 136 Å². The highest BCUT2D eigenvalue weighted by Crippen LogP contribution is 2.07. The molecule has 0 spiro atoms. The van der Waals surface area contributed by atoms with Crippen LogP contribution in [0.25, 0.3) is 0 Å². The molecule has 0 aliphatic heterocycles. The SMILES string of the molecule is CCNC(=NCc1nncn1CC)NCCOc1ccccc1. The van der Waals surface area contributed by atoms with Crippen LogP contribution in [0.2, 0.25) is 0 Å². The van der Waals surface area contributed by atoms with E-state index in [4.69, 9.17) is 4.74 Å². The summed E-state index contributed by atoms with van der Waals surface area (Å²) in [7, 11) is 0. The van der Waals surface area contributed by atoms with Crippen LogP contribution in [-0.4, -0.2) is 40.4 Å². The molecule has 1 aromatic carbocycles. The van der Waals surface area contributed by atoms with Crippen LogP contribution in [0.3, 0.4) is 0 Å². The Morgan fingerprint density at radius 3 is 2.78 bits per heavy atom. The van der Waals surface area contributed by atoms with Crippen LogP contribution >= 0.6 is 0 Å².